The smallest absolute Gasteiger partial charge is 0.213 e. The molecule has 2 aromatic heterocycles. The van der Waals surface area contributed by atoms with Gasteiger partial charge in [-0.05, 0) is 11.6 Å². The number of hydrogen-bond acceptors (Lipinski definition) is 7. The average Bonchev–Trinajstić information content (AvgIpc) is 3.17. The molecule has 0 radical (unpaired) electrons. The largest absolute Gasteiger partial charge is 0.472 e. The minimum absolute atomic E-state index is 0.118. The molecule has 1 atom stereocenters. The zero-order chi connectivity index (χ0) is 15.4. The van der Waals surface area contributed by atoms with Crippen molar-refractivity contribution in [2.24, 2.45) is 0 Å². The first-order valence-electron chi connectivity index (χ1n) is 7.47. The standard InChI is InChI=1S/C15H20N4O2S/c1-10(2)14-18-19-15(22-14)17-8-11-3-5-16-13(7-11)21-12-4-6-20-9-12/h3,5,7,10,12H,4,6,8-9H2,1-2H3,(H,17,19). The van der Waals surface area contributed by atoms with E-state index in [9.17, 15) is 0 Å². The Kier molecular flexibility index (Phi) is 4.84. The number of ether oxygens (including phenoxy) is 2. The number of aromatic nitrogens is 3. The van der Waals surface area contributed by atoms with E-state index in [1.807, 2.05) is 12.1 Å². The maximum absolute atomic E-state index is 5.81. The van der Waals surface area contributed by atoms with Crippen molar-refractivity contribution in [2.75, 3.05) is 18.5 Å². The monoisotopic (exact) mass is 320 g/mol. The van der Waals surface area contributed by atoms with Crippen molar-refractivity contribution >= 4 is 16.5 Å². The predicted molar refractivity (Wildman–Crippen MR) is 85.4 cm³/mol. The van der Waals surface area contributed by atoms with Gasteiger partial charge in [0.1, 0.15) is 11.1 Å². The third-order valence-electron chi connectivity index (χ3n) is 3.35. The maximum atomic E-state index is 5.81. The van der Waals surface area contributed by atoms with E-state index in [4.69, 9.17) is 9.47 Å². The van der Waals surface area contributed by atoms with E-state index >= 15 is 0 Å². The maximum Gasteiger partial charge on any atom is 0.213 e. The van der Waals surface area contributed by atoms with Crippen molar-refractivity contribution in [3.8, 4) is 5.88 Å². The summed E-state index contributed by atoms with van der Waals surface area (Å²) in [5.41, 5.74) is 1.10. The second-order valence-electron chi connectivity index (χ2n) is 5.56. The molecular weight excluding hydrogens is 300 g/mol. The Bertz CT molecular complexity index is 611. The van der Waals surface area contributed by atoms with Gasteiger partial charge in [-0.25, -0.2) is 4.98 Å². The van der Waals surface area contributed by atoms with Gasteiger partial charge in [-0.15, -0.1) is 10.2 Å². The molecule has 1 unspecified atom stereocenters. The molecule has 3 rings (SSSR count). The van der Waals surface area contributed by atoms with E-state index in [2.05, 4.69) is 34.3 Å². The molecule has 1 aliphatic heterocycles. The summed E-state index contributed by atoms with van der Waals surface area (Å²) < 4.78 is 11.1. The molecule has 0 saturated carbocycles. The molecule has 0 bridgehead atoms. The van der Waals surface area contributed by atoms with Gasteiger partial charge in [0.05, 0.1) is 13.2 Å². The molecule has 1 saturated heterocycles. The van der Waals surface area contributed by atoms with Gasteiger partial charge in [0.25, 0.3) is 0 Å². The molecule has 118 valence electrons. The van der Waals surface area contributed by atoms with Crippen molar-refractivity contribution in [2.45, 2.75) is 38.8 Å². The third kappa shape index (κ3) is 3.92. The lowest BCUT2D eigenvalue weighted by Crippen LogP contribution is -2.16. The molecular formula is C15H20N4O2S. The summed E-state index contributed by atoms with van der Waals surface area (Å²) in [5, 5.41) is 13.5. The normalized spacial score (nSPS) is 17.9. The number of nitrogens with one attached hydrogen (secondary N) is 1. The number of rotatable bonds is 6. The van der Waals surface area contributed by atoms with Gasteiger partial charge in [0, 0.05) is 31.1 Å². The summed E-state index contributed by atoms with van der Waals surface area (Å²) in [7, 11) is 0. The molecule has 0 aromatic carbocycles. The third-order valence-corrected chi connectivity index (χ3v) is 4.53. The molecule has 1 fully saturated rings. The number of anilines is 1. The first kappa shape index (κ1) is 15.2. The Morgan fingerprint density at radius 2 is 2.36 bits per heavy atom. The van der Waals surface area contributed by atoms with Crippen molar-refractivity contribution < 1.29 is 9.47 Å². The van der Waals surface area contributed by atoms with Crippen molar-refractivity contribution in [3.05, 3.63) is 28.9 Å². The minimum Gasteiger partial charge on any atom is -0.472 e. The van der Waals surface area contributed by atoms with Crippen LogP contribution < -0.4 is 10.1 Å². The summed E-state index contributed by atoms with van der Waals surface area (Å²) in [4.78, 5) is 4.25. The molecule has 0 spiro atoms. The Balaban J connectivity index is 1.57. The number of nitrogens with zero attached hydrogens (tertiary/aromatic N) is 3. The van der Waals surface area contributed by atoms with Crippen LogP contribution in [0.1, 0.15) is 36.8 Å². The second kappa shape index (κ2) is 7.02. The zero-order valence-corrected chi connectivity index (χ0v) is 13.6. The van der Waals surface area contributed by atoms with Gasteiger partial charge in [0.15, 0.2) is 0 Å². The summed E-state index contributed by atoms with van der Waals surface area (Å²) in [6.07, 6.45) is 2.81. The highest BCUT2D eigenvalue weighted by atomic mass is 32.1. The van der Waals surface area contributed by atoms with Crippen LogP contribution in [-0.2, 0) is 11.3 Å². The van der Waals surface area contributed by atoms with Crippen LogP contribution in [0.2, 0.25) is 0 Å². The fraction of sp³-hybridized carbons (Fsp3) is 0.533. The quantitative estimate of drug-likeness (QED) is 0.882. The van der Waals surface area contributed by atoms with Gasteiger partial charge >= 0.3 is 0 Å². The Labute approximate surface area is 133 Å². The van der Waals surface area contributed by atoms with Crippen molar-refractivity contribution in [3.63, 3.8) is 0 Å². The van der Waals surface area contributed by atoms with Gasteiger partial charge in [0.2, 0.25) is 11.0 Å². The van der Waals surface area contributed by atoms with E-state index in [0.29, 0.717) is 24.9 Å². The van der Waals surface area contributed by atoms with Crippen molar-refractivity contribution in [1.29, 1.82) is 0 Å². The first-order valence-corrected chi connectivity index (χ1v) is 8.29. The molecule has 1 N–H and O–H groups in total. The number of hydrogen-bond donors (Lipinski definition) is 1. The molecule has 6 nitrogen and oxygen atoms in total. The molecule has 7 heteroatoms. The second-order valence-corrected chi connectivity index (χ2v) is 6.57. The van der Waals surface area contributed by atoms with E-state index < -0.39 is 0 Å². The van der Waals surface area contributed by atoms with Crippen LogP contribution in [0.15, 0.2) is 18.3 Å². The predicted octanol–water partition coefficient (Wildman–Crippen LogP) is 2.84. The zero-order valence-electron chi connectivity index (χ0n) is 12.8. The Morgan fingerprint density at radius 1 is 1.45 bits per heavy atom. The number of pyridine rings is 1. The molecule has 3 heterocycles. The van der Waals surface area contributed by atoms with E-state index in [1.165, 1.54) is 0 Å². The van der Waals surface area contributed by atoms with Crippen LogP contribution in [0.3, 0.4) is 0 Å². The topological polar surface area (TPSA) is 69.2 Å². The molecule has 0 amide bonds. The molecule has 22 heavy (non-hydrogen) atoms. The highest BCUT2D eigenvalue weighted by molar-refractivity contribution is 7.15. The van der Waals surface area contributed by atoms with Gasteiger partial charge in [-0.3, -0.25) is 0 Å². The summed E-state index contributed by atoms with van der Waals surface area (Å²) in [6, 6.07) is 3.92. The van der Waals surface area contributed by atoms with Crippen molar-refractivity contribution in [1.82, 2.24) is 15.2 Å². The van der Waals surface area contributed by atoms with Gasteiger partial charge < -0.3 is 14.8 Å². The average molecular weight is 320 g/mol. The minimum atomic E-state index is 0.118. The summed E-state index contributed by atoms with van der Waals surface area (Å²) in [5.74, 6) is 1.05. The van der Waals surface area contributed by atoms with Crippen LogP contribution in [0.25, 0.3) is 0 Å². The van der Waals surface area contributed by atoms with E-state index in [1.54, 1.807) is 17.5 Å². The van der Waals surface area contributed by atoms with Crippen LogP contribution in [0.4, 0.5) is 5.13 Å². The molecule has 0 aliphatic carbocycles. The fourth-order valence-electron chi connectivity index (χ4n) is 2.12. The molecule has 1 aliphatic rings. The van der Waals surface area contributed by atoms with Gasteiger partial charge in [-0.2, -0.15) is 0 Å². The molecule has 2 aromatic rings. The van der Waals surface area contributed by atoms with Crippen LogP contribution in [0, 0.1) is 0 Å². The SMILES string of the molecule is CC(C)c1nnc(NCc2ccnc(OC3CCOC3)c2)s1. The summed E-state index contributed by atoms with van der Waals surface area (Å²) in [6.45, 7) is 6.31. The fourth-order valence-corrected chi connectivity index (χ4v) is 2.86. The Hall–Kier alpha value is -1.73. The van der Waals surface area contributed by atoms with Crippen LogP contribution in [-0.4, -0.2) is 34.5 Å². The lowest BCUT2D eigenvalue weighted by atomic mass is 10.2. The van der Waals surface area contributed by atoms with Gasteiger partial charge in [-0.1, -0.05) is 25.2 Å². The highest BCUT2D eigenvalue weighted by Crippen LogP contribution is 2.23. The lowest BCUT2D eigenvalue weighted by Gasteiger charge is -2.11. The van der Waals surface area contributed by atoms with E-state index in [0.717, 1.165) is 28.7 Å². The van der Waals surface area contributed by atoms with Crippen LogP contribution in [0.5, 0.6) is 5.88 Å². The Morgan fingerprint density at radius 3 is 3.09 bits per heavy atom. The highest BCUT2D eigenvalue weighted by Gasteiger charge is 2.17. The lowest BCUT2D eigenvalue weighted by molar-refractivity contribution is 0.138. The van der Waals surface area contributed by atoms with E-state index in [-0.39, 0.29) is 6.10 Å². The summed E-state index contributed by atoms with van der Waals surface area (Å²) >= 11 is 1.59. The first-order chi connectivity index (χ1) is 10.7. The van der Waals surface area contributed by atoms with Crippen LogP contribution >= 0.6 is 11.3 Å².